The van der Waals surface area contributed by atoms with E-state index < -0.39 is 0 Å². The molecule has 0 aliphatic rings. The number of amides is 1. The van der Waals surface area contributed by atoms with Crippen molar-refractivity contribution in [3.8, 4) is 0 Å². The number of carbonyl (C=O) groups is 1. The molecule has 2 heterocycles. The molecule has 2 aromatic heterocycles. The predicted octanol–water partition coefficient (Wildman–Crippen LogP) is 3.37. The molecule has 0 aliphatic carbocycles. The summed E-state index contributed by atoms with van der Waals surface area (Å²) in [6.45, 7) is 2.30. The number of aromatic nitrogens is 2. The first-order valence-electron chi connectivity index (χ1n) is 7.59. The van der Waals surface area contributed by atoms with Crippen molar-refractivity contribution in [3.05, 3.63) is 55.4 Å². The van der Waals surface area contributed by atoms with Crippen LogP contribution >= 0.6 is 27.3 Å². The maximum Gasteiger partial charge on any atom is 0.266 e. The highest BCUT2D eigenvalue weighted by atomic mass is 79.9. The van der Waals surface area contributed by atoms with Gasteiger partial charge in [-0.3, -0.25) is 9.59 Å². The van der Waals surface area contributed by atoms with Crippen LogP contribution in [0.5, 0.6) is 0 Å². The molecule has 8 heteroatoms. The highest BCUT2D eigenvalue weighted by Gasteiger charge is 2.19. The molecule has 0 unspecified atom stereocenters. The molecule has 1 amide bonds. The molecule has 3 aromatic rings. The molecular weight excluding hydrogens is 404 g/mol. The lowest BCUT2D eigenvalue weighted by molar-refractivity contribution is 0.103. The van der Waals surface area contributed by atoms with E-state index in [1.807, 2.05) is 43.3 Å². The van der Waals surface area contributed by atoms with Crippen LogP contribution in [-0.2, 0) is 6.54 Å². The number of anilines is 1. The third-order valence-corrected chi connectivity index (χ3v) is 5.28. The second-order valence-corrected chi connectivity index (χ2v) is 7.87. The number of fused-ring (bicyclic) bond motifs is 1. The van der Waals surface area contributed by atoms with Gasteiger partial charge in [0.1, 0.15) is 10.7 Å². The van der Waals surface area contributed by atoms with Gasteiger partial charge in [0.25, 0.3) is 11.5 Å². The van der Waals surface area contributed by atoms with Crippen LogP contribution in [0.2, 0.25) is 0 Å². The third kappa shape index (κ3) is 3.81. The zero-order chi connectivity index (χ0) is 18.1. The summed E-state index contributed by atoms with van der Waals surface area (Å²) in [6, 6.07) is 7.36. The number of rotatable bonds is 4. The summed E-state index contributed by atoms with van der Waals surface area (Å²) >= 11 is 4.62. The maximum absolute atomic E-state index is 12.6. The van der Waals surface area contributed by atoms with Gasteiger partial charge >= 0.3 is 0 Å². The second-order valence-electron chi connectivity index (χ2n) is 5.95. The summed E-state index contributed by atoms with van der Waals surface area (Å²) in [7, 11) is 3.81. The van der Waals surface area contributed by atoms with Crippen molar-refractivity contribution in [2.45, 2.75) is 13.5 Å². The molecule has 1 aromatic carbocycles. The molecule has 0 atom stereocenters. The van der Waals surface area contributed by atoms with Crippen molar-refractivity contribution in [1.29, 1.82) is 0 Å². The zero-order valence-electron chi connectivity index (χ0n) is 14.0. The largest absolute Gasteiger partial charge is 0.321 e. The third-order valence-electron chi connectivity index (χ3n) is 3.60. The molecule has 130 valence electrons. The van der Waals surface area contributed by atoms with Crippen molar-refractivity contribution in [1.82, 2.24) is 14.9 Å². The predicted molar refractivity (Wildman–Crippen MR) is 104 cm³/mol. The molecule has 0 radical (unpaired) electrons. The van der Waals surface area contributed by atoms with E-state index in [9.17, 15) is 9.59 Å². The number of nitrogens with one attached hydrogen (secondary N) is 2. The molecule has 0 aliphatic heterocycles. The number of hydrogen-bond donors (Lipinski definition) is 2. The molecule has 0 saturated heterocycles. The summed E-state index contributed by atoms with van der Waals surface area (Å²) in [5, 5.41) is 3.34. The van der Waals surface area contributed by atoms with E-state index in [-0.39, 0.29) is 11.5 Å². The van der Waals surface area contributed by atoms with Crippen molar-refractivity contribution in [2.24, 2.45) is 0 Å². The second kappa shape index (κ2) is 7.07. The van der Waals surface area contributed by atoms with Crippen LogP contribution in [0.4, 0.5) is 5.69 Å². The Morgan fingerprint density at radius 1 is 1.40 bits per heavy atom. The van der Waals surface area contributed by atoms with E-state index in [4.69, 9.17) is 0 Å². The van der Waals surface area contributed by atoms with Gasteiger partial charge in [0.15, 0.2) is 0 Å². The molecule has 2 N–H and O–H groups in total. The zero-order valence-corrected chi connectivity index (χ0v) is 16.4. The van der Waals surface area contributed by atoms with Crippen LogP contribution in [-0.4, -0.2) is 34.9 Å². The molecule has 0 spiro atoms. The van der Waals surface area contributed by atoms with Crippen molar-refractivity contribution in [2.75, 3.05) is 19.4 Å². The highest BCUT2D eigenvalue weighted by Crippen LogP contribution is 2.28. The molecule has 0 fully saturated rings. The number of halogens is 1. The van der Waals surface area contributed by atoms with Gasteiger partial charge in [0, 0.05) is 10.2 Å². The minimum atomic E-state index is -0.243. The fraction of sp³-hybridized carbons (Fsp3) is 0.235. The molecule has 25 heavy (non-hydrogen) atoms. The van der Waals surface area contributed by atoms with E-state index in [1.54, 1.807) is 6.92 Å². The van der Waals surface area contributed by atoms with Crippen molar-refractivity contribution in [3.63, 3.8) is 0 Å². The van der Waals surface area contributed by atoms with Gasteiger partial charge in [-0.15, -0.1) is 11.3 Å². The average Bonchev–Trinajstić information content (AvgIpc) is 2.84. The van der Waals surface area contributed by atoms with Crippen molar-refractivity contribution >= 4 is 49.1 Å². The Kier molecular flexibility index (Phi) is 5.03. The van der Waals surface area contributed by atoms with Crippen LogP contribution < -0.4 is 10.9 Å². The Balaban J connectivity index is 1.99. The number of carbonyl (C=O) groups excluding carboxylic acids is 1. The topological polar surface area (TPSA) is 78.1 Å². The average molecular weight is 421 g/mol. The number of benzene rings is 1. The minimum absolute atomic E-state index is 0.211. The molecular formula is C17H17BrN4O2S. The number of thiophene rings is 1. The minimum Gasteiger partial charge on any atom is -0.321 e. The van der Waals surface area contributed by atoms with Crippen LogP contribution in [0.15, 0.2) is 33.5 Å². The monoisotopic (exact) mass is 420 g/mol. The number of H-pyrrole nitrogens is 1. The Hall–Kier alpha value is -2.03. The van der Waals surface area contributed by atoms with Gasteiger partial charge in [0.2, 0.25) is 0 Å². The first-order valence-corrected chi connectivity index (χ1v) is 9.20. The number of aryl methyl sites for hydroxylation is 1. The summed E-state index contributed by atoms with van der Waals surface area (Å²) in [4.78, 5) is 35.3. The van der Waals surface area contributed by atoms with Crippen molar-refractivity contribution < 1.29 is 4.79 Å². The van der Waals surface area contributed by atoms with E-state index in [1.165, 1.54) is 11.3 Å². The Morgan fingerprint density at radius 2 is 2.16 bits per heavy atom. The fourth-order valence-electron chi connectivity index (χ4n) is 2.53. The van der Waals surface area contributed by atoms with E-state index >= 15 is 0 Å². The summed E-state index contributed by atoms with van der Waals surface area (Å²) in [5.41, 5.74) is 1.13. The number of hydrogen-bond acceptors (Lipinski definition) is 5. The lowest BCUT2D eigenvalue weighted by Crippen LogP contribution is -2.18. The Bertz CT molecular complexity index is 1010. The standard InChI is InChI=1S/C17H17BrN4O2S/c1-9-13-15(23)20-12(8-22(2)3)21-17(13)25-14(9)16(24)19-11-6-4-5-10(18)7-11/h4-7H,8H2,1-3H3,(H,19,24)(H,20,21,23). The smallest absolute Gasteiger partial charge is 0.266 e. The quantitative estimate of drug-likeness (QED) is 0.677. The summed E-state index contributed by atoms with van der Waals surface area (Å²) in [5.74, 6) is 0.342. The lowest BCUT2D eigenvalue weighted by atomic mass is 10.2. The SMILES string of the molecule is Cc1c(C(=O)Nc2cccc(Br)c2)sc2nc(CN(C)C)[nH]c(=O)c12. The molecule has 3 rings (SSSR count). The fourth-order valence-corrected chi connectivity index (χ4v) is 4.03. The van der Waals surface area contributed by atoms with Gasteiger partial charge in [-0.2, -0.15) is 0 Å². The molecule has 0 saturated carbocycles. The van der Waals surface area contributed by atoms with Crippen LogP contribution in [0.3, 0.4) is 0 Å². The first-order chi connectivity index (χ1) is 11.8. The number of nitrogens with zero attached hydrogens (tertiary/aromatic N) is 2. The lowest BCUT2D eigenvalue weighted by Gasteiger charge is -2.07. The Morgan fingerprint density at radius 3 is 2.84 bits per heavy atom. The van der Waals surface area contributed by atoms with E-state index in [0.717, 1.165) is 4.47 Å². The summed E-state index contributed by atoms with van der Waals surface area (Å²) < 4.78 is 0.879. The van der Waals surface area contributed by atoms with E-state index in [2.05, 4.69) is 31.2 Å². The first kappa shape index (κ1) is 17.8. The highest BCUT2D eigenvalue weighted by molar-refractivity contribution is 9.10. The van der Waals surface area contributed by atoms with Gasteiger partial charge < -0.3 is 15.2 Å². The van der Waals surface area contributed by atoms with Crippen LogP contribution in [0.1, 0.15) is 21.1 Å². The van der Waals surface area contributed by atoms with Crippen LogP contribution in [0.25, 0.3) is 10.2 Å². The van der Waals surface area contributed by atoms with Crippen LogP contribution in [0, 0.1) is 6.92 Å². The van der Waals surface area contributed by atoms with Gasteiger partial charge in [0.05, 0.1) is 16.8 Å². The van der Waals surface area contributed by atoms with Gasteiger partial charge in [-0.25, -0.2) is 4.98 Å². The molecule has 6 nitrogen and oxygen atoms in total. The summed E-state index contributed by atoms with van der Waals surface area (Å²) in [6.07, 6.45) is 0. The normalized spacial score (nSPS) is 11.2. The van der Waals surface area contributed by atoms with Gasteiger partial charge in [-0.05, 0) is 44.8 Å². The van der Waals surface area contributed by atoms with Gasteiger partial charge in [-0.1, -0.05) is 22.0 Å². The number of aromatic amines is 1. The Labute approximate surface area is 157 Å². The van der Waals surface area contributed by atoms with E-state index in [0.29, 0.717) is 38.7 Å². The molecule has 0 bridgehead atoms. The maximum atomic E-state index is 12.6.